The molecule has 1 amide bonds. The van der Waals surface area contributed by atoms with Crippen LogP contribution >= 0.6 is 0 Å². The lowest BCUT2D eigenvalue weighted by atomic mass is 10.1. The molecule has 0 bridgehead atoms. The minimum absolute atomic E-state index is 0.125. The van der Waals surface area contributed by atoms with E-state index in [1.54, 1.807) is 20.3 Å². The van der Waals surface area contributed by atoms with Crippen LogP contribution in [0.5, 0.6) is 17.2 Å². The van der Waals surface area contributed by atoms with E-state index < -0.39 is 0 Å². The van der Waals surface area contributed by atoms with Gasteiger partial charge in [-0.3, -0.25) is 4.79 Å². The highest BCUT2D eigenvalue weighted by atomic mass is 16.5. The number of hydrogen-bond acceptors (Lipinski definition) is 4. The lowest BCUT2D eigenvalue weighted by Gasteiger charge is -2.11. The number of carbonyl (C=O) groups excluding carboxylic acids is 1. The zero-order valence-electron chi connectivity index (χ0n) is 17.6. The first-order valence-electron chi connectivity index (χ1n) is 10.1. The maximum absolute atomic E-state index is 12.1. The van der Waals surface area contributed by atoms with Crippen LogP contribution in [0.1, 0.15) is 37.3 Å². The van der Waals surface area contributed by atoms with Gasteiger partial charge in [0.15, 0.2) is 11.5 Å². The fraction of sp³-hybridized carbons (Fsp3) is 0.375. The van der Waals surface area contributed by atoms with Gasteiger partial charge in [-0.1, -0.05) is 38.0 Å². The van der Waals surface area contributed by atoms with Crippen LogP contribution in [0.3, 0.4) is 0 Å². The molecule has 2 rings (SSSR count). The summed E-state index contributed by atoms with van der Waals surface area (Å²) in [6.07, 6.45) is 7.38. The third-order valence-corrected chi connectivity index (χ3v) is 4.49. The highest BCUT2D eigenvalue weighted by Crippen LogP contribution is 2.28. The predicted molar refractivity (Wildman–Crippen MR) is 117 cm³/mol. The van der Waals surface area contributed by atoms with Gasteiger partial charge in [0, 0.05) is 12.6 Å². The van der Waals surface area contributed by atoms with Crippen molar-refractivity contribution in [3.8, 4) is 17.2 Å². The summed E-state index contributed by atoms with van der Waals surface area (Å²) in [5, 5.41) is 2.90. The molecule has 0 atom stereocenters. The van der Waals surface area contributed by atoms with E-state index in [1.807, 2.05) is 42.5 Å². The molecular formula is C24H31NO4. The molecule has 0 aliphatic heterocycles. The smallest absolute Gasteiger partial charge is 0.244 e. The second-order valence-corrected chi connectivity index (χ2v) is 6.69. The van der Waals surface area contributed by atoms with Gasteiger partial charge in [-0.15, -0.1) is 0 Å². The monoisotopic (exact) mass is 397 g/mol. The number of nitrogens with one attached hydrogen (secondary N) is 1. The quantitative estimate of drug-likeness (QED) is 0.419. The SMILES string of the molecule is CCCCCOc1cc(/C=C/C(=O)NCCc2ccc(OC)cc2)ccc1OC. The molecule has 0 fully saturated rings. The van der Waals surface area contributed by atoms with Gasteiger partial charge in [0.05, 0.1) is 20.8 Å². The minimum atomic E-state index is -0.125. The molecule has 2 aromatic rings. The van der Waals surface area contributed by atoms with E-state index >= 15 is 0 Å². The molecule has 29 heavy (non-hydrogen) atoms. The molecular weight excluding hydrogens is 366 g/mol. The van der Waals surface area contributed by atoms with E-state index in [9.17, 15) is 4.79 Å². The Balaban J connectivity index is 1.84. The van der Waals surface area contributed by atoms with Crippen molar-refractivity contribution in [3.63, 3.8) is 0 Å². The zero-order chi connectivity index (χ0) is 20.9. The Bertz CT molecular complexity index is 784. The Morgan fingerprint density at radius 1 is 1.00 bits per heavy atom. The number of hydrogen-bond donors (Lipinski definition) is 1. The Morgan fingerprint density at radius 3 is 2.48 bits per heavy atom. The van der Waals surface area contributed by atoms with Gasteiger partial charge in [-0.05, 0) is 54.3 Å². The van der Waals surface area contributed by atoms with Gasteiger partial charge in [-0.2, -0.15) is 0 Å². The van der Waals surface area contributed by atoms with Gasteiger partial charge in [-0.25, -0.2) is 0 Å². The van der Waals surface area contributed by atoms with Crippen LogP contribution in [-0.2, 0) is 11.2 Å². The van der Waals surface area contributed by atoms with E-state index in [4.69, 9.17) is 14.2 Å². The molecule has 156 valence electrons. The third-order valence-electron chi connectivity index (χ3n) is 4.49. The fourth-order valence-electron chi connectivity index (χ4n) is 2.80. The van der Waals surface area contributed by atoms with Crippen molar-refractivity contribution in [1.82, 2.24) is 5.32 Å². The average molecular weight is 398 g/mol. The first-order valence-corrected chi connectivity index (χ1v) is 10.1. The molecule has 1 N–H and O–H groups in total. The number of benzene rings is 2. The average Bonchev–Trinajstić information content (AvgIpc) is 2.76. The number of rotatable bonds is 12. The van der Waals surface area contributed by atoms with E-state index in [0.717, 1.165) is 42.6 Å². The van der Waals surface area contributed by atoms with Crippen molar-refractivity contribution >= 4 is 12.0 Å². The molecule has 2 aromatic carbocycles. The molecule has 0 unspecified atom stereocenters. The minimum Gasteiger partial charge on any atom is -0.497 e. The van der Waals surface area contributed by atoms with E-state index in [-0.39, 0.29) is 5.91 Å². The molecule has 0 saturated heterocycles. The van der Waals surface area contributed by atoms with Crippen LogP contribution in [-0.4, -0.2) is 33.3 Å². The summed E-state index contributed by atoms with van der Waals surface area (Å²) in [5.41, 5.74) is 2.04. The van der Waals surface area contributed by atoms with Crippen molar-refractivity contribution in [2.75, 3.05) is 27.4 Å². The summed E-state index contributed by atoms with van der Waals surface area (Å²) in [6.45, 7) is 3.39. The number of amides is 1. The maximum atomic E-state index is 12.1. The lowest BCUT2D eigenvalue weighted by molar-refractivity contribution is -0.116. The number of methoxy groups -OCH3 is 2. The fourth-order valence-corrected chi connectivity index (χ4v) is 2.80. The Hall–Kier alpha value is -2.95. The number of unbranched alkanes of at least 4 members (excludes halogenated alkanes) is 2. The largest absolute Gasteiger partial charge is 0.497 e. The first kappa shape index (κ1) is 22.3. The van der Waals surface area contributed by atoms with Crippen LogP contribution < -0.4 is 19.5 Å². The van der Waals surface area contributed by atoms with Gasteiger partial charge < -0.3 is 19.5 Å². The van der Waals surface area contributed by atoms with Crippen LogP contribution in [0.15, 0.2) is 48.5 Å². The van der Waals surface area contributed by atoms with E-state index in [0.29, 0.717) is 24.7 Å². The molecule has 0 heterocycles. The van der Waals surface area contributed by atoms with Crippen LogP contribution in [0.2, 0.25) is 0 Å². The summed E-state index contributed by atoms with van der Waals surface area (Å²) in [6, 6.07) is 13.5. The summed E-state index contributed by atoms with van der Waals surface area (Å²) in [7, 11) is 3.27. The maximum Gasteiger partial charge on any atom is 0.244 e. The molecule has 5 nitrogen and oxygen atoms in total. The Labute approximate surface area is 173 Å². The van der Waals surface area contributed by atoms with Crippen LogP contribution in [0.4, 0.5) is 0 Å². The highest BCUT2D eigenvalue weighted by molar-refractivity contribution is 5.91. The van der Waals surface area contributed by atoms with Gasteiger partial charge >= 0.3 is 0 Å². The van der Waals surface area contributed by atoms with E-state index in [1.165, 1.54) is 6.08 Å². The predicted octanol–water partition coefficient (Wildman–Crippen LogP) is 4.64. The summed E-state index contributed by atoms with van der Waals surface area (Å²) < 4.78 is 16.3. The molecule has 0 radical (unpaired) electrons. The second kappa shape index (κ2) is 12.5. The second-order valence-electron chi connectivity index (χ2n) is 6.69. The van der Waals surface area contributed by atoms with Crippen molar-refractivity contribution < 1.29 is 19.0 Å². The van der Waals surface area contributed by atoms with Crippen molar-refractivity contribution in [3.05, 3.63) is 59.7 Å². The number of carbonyl (C=O) groups is 1. The van der Waals surface area contributed by atoms with Gasteiger partial charge in [0.25, 0.3) is 0 Å². The Kier molecular flexibility index (Phi) is 9.63. The van der Waals surface area contributed by atoms with Crippen LogP contribution in [0, 0.1) is 0 Å². The van der Waals surface area contributed by atoms with Crippen LogP contribution in [0.25, 0.3) is 6.08 Å². The summed E-state index contributed by atoms with van der Waals surface area (Å²) in [4.78, 5) is 12.1. The van der Waals surface area contributed by atoms with E-state index in [2.05, 4.69) is 12.2 Å². The molecule has 0 saturated carbocycles. The molecule has 0 aromatic heterocycles. The molecule has 0 aliphatic carbocycles. The zero-order valence-corrected chi connectivity index (χ0v) is 17.6. The highest BCUT2D eigenvalue weighted by Gasteiger charge is 2.05. The standard InChI is InChI=1S/C24H31NO4/c1-4-5-6-17-29-23-18-20(9-13-22(23)28-3)10-14-24(26)25-16-15-19-7-11-21(27-2)12-8-19/h7-14,18H,4-6,15-17H2,1-3H3,(H,25,26)/b14-10+. The topological polar surface area (TPSA) is 56.8 Å². The lowest BCUT2D eigenvalue weighted by Crippen LogP contribution is -2.23. The first-order chi connectivity index (χ1) is 14.2. The molecule has 0 spiro atoms. The summed E-state index contributed by atoms with van der Waals surface area (Å²) in [5.74, 6) is 2.10. The van der Waals surface area contributed by atoms with Gasteiger partial charge in [0.2, 0.25) is 5.91 Å². The Morgan fingerprint density at radius 2 is 1.79 bits per heavy atom. The molecule has 5 heteroatoms. The van der Waals surface area contributed by atoms with Gasteiger partial charge in [0.1, 0.15) is 5.75 Å². The summed E-state index contributed by atoms with van der Waals surface area (Å²) >= 11 is 0. The normalized spacial score (nSPS) is 10.7. The van der Waals surface area contributed by atoms with Crippen molar-refractivity contribution in [2.24, 2.45) is 0 Å². The third kappa shape index (κ3) is 7.90. The van der Waals surface area contributed by atoms with Crippen molar-refractivity contribution in [1.29, 1.82) is 0 Å². The van der Waals surface area contributed by atoms with Crippen molar-refractivity contribution in [2.45, 2.75) is 32.6 Å². The molecule has 0 aliphatic rings. The number of ether oxygens (including phenoxy) is 3.